The van der Waals surface area contributed by atoms with Crippen LogP contribution in [0.1, 0.15) is 36.8 Å². The Hall–Kier alpha value is -1.72. The molecule has 0 bridgehead atoms. The summed E-state index contributed by atoms with van der Waals surface area (Å²) in [6.45, 7) is 6.44. The molecule has 1 aromatic carbocycles. The Bertz CT molecular complexity index is 547. The third kappa shape index (κ3) is 3.43. The zero-order chi connectivity index (χ0) is 14.5. The van der Waals surface area contributed by atoms with E-state index < -0.39 is 0 Å². The maximum Gasteiger partial charge on any atom is 0.141 e. The van der Waals surface area contributed by atoms with Crippen molar-refractivity contribution in [1.29, 1.82) is 0 Å². The Morgan fingerprint density at radius 2 is 1.90 bits per heavy atom. The number of aromatic nitrogens is 3. The topological polar surface area (TPSA) is 60.0 Å². The SMILES string of the molecule is CC(C)n1ncnc1CN(C)Cc1ccccc1CN. The third-order valence-electron chi connectivity index (χ3n) is 3.33. The highest BCUT2D eigenvalue weighted by molar-refractivity contribution is 5.26. The molecule has 0 saturated carbocycles. The van der Waals surface area contributed by atoms with Gasteiger partial charge < -0.3 is 5.73 Å². The van der Waals surface area contributed by atoms with E-state index in [2.05, 4.69) is 54.1 Å². The molecule has 0 unspecified atom stereocenters. The molecule has 20 heavy (non-hydrogen) atoms. The zero-order valence-corrected chi connectivity index (χ0v) is 12.5. The number of benzene rings is 1. The zero-order valence-electron chi connectivity index (χ0n) is 12.5. The summed E-state index contributed by atoms with van der Waals surface area (Å²) < 4.78 is 1.96. The molecular weight excluding hydrogens is 250 g/mol. The van der Waals surface area contributed by atoms with Gasteiger partial charge in [0.05, 0.1) is 6.54 Å². The lowest BCUT2D eigenvalue weighted by atomic mass is 10.1. The standard InChI is InChI=1S/C15H23N5/c1-12(2)20-15(17-11-18-20)10-19(3)9-14-7-5-4-6-13(14)8-16/h4-7,11-12H,8-10,16H2,1-3H3. The first kappa shape index (κ1) is 14.7. The molecule has 0 atom stereocenters. The summed E-state index contributed by atoms with van der Waals surface area (Å²) in [7, 11) is 2.09. The number of rotatable bonds is 6. The first-order valence-electron chi connectivity index (χ1n) is 6.95. The van der Waals surface area contributed by atoms with Crippen LogP contribution in [-0.4, -0.2) is 26.7 Å². The molecule has 108 valence electrons. The molecule has 2 rings (SSSR count). The van der Waals surface area contributed by atoms with Crippen molar-refractivity contribution in [2.45, 2.75) is 39.5 Å². The fraction of sp³-hybridized carbons (Fsp3) is 0.467. The summed E-state index contributed by atoms with van der Waals surface area (Å²) in [5.74, 6) is 0.993. The van der Waals surface area contributed by atoms with Crippen LogP contribution >= 0.6 is 0 Å². The van der Waals surface area contributed by atoms with Crippen LogP contribution in [-0.2, 0) is 19.6 Å². The normalized spacial score (nSPS) is 11.5. The summed E-state index contributed by atoms with van der Waals surface area (Å²) >= 11 is 0. The first-order chi connectivity index (χ1) is 9.61. The van der Waals surface area contributed by atoms with E-state index in [0.29, 0.717) is 12.6 Å². The Balaban J connectivity index is 2.05. The maximum atomic E-state index is 5.78. The van der Waals surface area contributed by atoms with Gasteiger partial charge in [0.1, 0.15) is 12.2 Å². The number of nitrogens with zero attached hydrogens (tertiary/aromatic N) is 4. The van der Waals surface area contributed by atoms with Crippen molar-refractivity contribution in [1.82, 2.24) is 19.7 Å². The fourth-order valence-corrected chi connectivity index (χ4v) is 2.32. The summed E-state index contributed by atoms with van der Waals surface area (Å²) in [5, 5.41) is 4.27. The molecule has 1 heterocycles. The summed E-state index contributed by atoms with van der Waals surface area (Å²) in [6, 6.07) is 8.63. The quantitative estimate of drug-likeness (QED) is 0.874. The van der Waals surface area contributed by atoms with Gasteiger partial charge in [-0.1, -0.05) is 24.3 Å². The molecule has 1 aromatic heterocycles. The van der Waals surface area contributed by atoms with Crippen molar-refractivity contribution in [2.24, 2.45) is 5.73 Å². The van der Waals surface area contributed by atoms with E-state index in [-0.39, 0.29) is 0 Å². The van der Waals surface area contributed by atoms with Gasteiger partial charge in [-0.15, -0.1) is 0 Å². The van der Waals surface area contributed by atoms with Gasteiger partial charge in [0.25, 0.3) is 0 Å². The van der Waals surface area contributed by atoms with E-state index in [0.717, 1.165) is 18.9 Å². The van der Waals surface area contributed by atoms with Crippen molar-refractivity contribution in [2.75, 3.05) is 7.05 Å². The van der Waals surface area contributed by atoms with E-state index in [1.165, 1.54) is 11.1 Å². The molecule has 0 fully saturated rings. The Kier molecular flexibility index (Phi) is 4.87. The van der Waals surface area contributed by atoms with Gasteiger partial charge in [0.15, 0.2) is 0 Å². The van der Waals surface area contributed by atoms with E-state index in [1.54, 1.807) is 6.33 Å². The van der Waals surface area contributed by atoms with Crippen LogP contribution in [0.3, 0.4) is 0 Å². The van der Waals surface area contributed by atoms with Crippen LogP contribution in [0.15, 0.2) is 30.6 Å². The lowest BCUT2D eigenvalue weighted by Gasteiger charge is -2.19. The van der Waals surface area contributed by atoms with Gasteiger partial charge in [-0.05, 0) is 32.0 Å². The van der Waals surface area contributed by atoms with Crippen molar-refractivity contribution < 1.29 is 0 Å². The number of nitrogens with two attached hydrogens (primary N) is 1. The molecule has 0 saturated heterocycles. The van der Waals surface area contributed by atoms with Crippen molar-refractivity contribution in [3.05, 3.63) is 47.5 Å². The largest absolute Gasteiger partial charge is 0.326 e. The fourth-order valence-electron chi connectivity index (χ4n) is 2.32. The molecule has 5 nitrogen and oxygen atoms in total. The third-order valence-corrected chi connectivity index (χ3v) is 3.33. The first-order valence-corrected chi connectivity index (χ1v) is 6.95. The molecule has 0 aliphatic heterocycles. The molecule has 0 radical (unpaired) electrons. The predicted molar refractivity (Wildman–Crippen MR) is 79.9 cm³/mol. The Morgan fingerprint density at radius 1 is 1.20 bits per heavy atom. The lowest BCUT2D eigenvalue weighted by Crippen LogP contribution is -2.22. The van der Waals surface area contributed by atoms with Crippen LogP contribution in [0.5, 0.6) is 0 Å². The summed E-state index contributed by atoms with van der Waals surface area (Å²) in [4.78, 5) is 6.58. The summed E-state index contributed by atoms with van der Waals surface area (Å²) in [6.07, 6.45) is 1.62. The van der Waals surface area contributed by atoms with Crippen LogP contribution in [0, 0.1) is 0 Å². The second kappa shape index (κ2) is 6.63. The van der Waals surface area contributed by atoms with Crippen molar-refractivity contribution >= 4 is 0 Å². The van der Waals surface area contributed by atoms with E-state index in [1.807, 2.05) is 10.7 Å². The molecule has 0 aliphatic rings. The highest BCUT2D eigenvalue weighted by Gasteiger charge is 2.11. The summed E-state index contributed by atoms with van der Waals surface area (Å²) in [5.41, 5.74) is 8.25. The van der Waals surface area contributed by atoms with Gasteiger partial charge in [-0.2, -0.15) is 5.10 Å². The molecule has 2 aromatic rings. The van der Waals surface area contributed by atoms with E-state index in [4.69, 9.17) is 5.73 Å². The van der Waals surface area contributed by atoms with Crippen molar-refractivity contribution in [3.63, 3.8) is 0 Å². The minimum atomic E-state index is 0.331. The second-order valence-electron chi connectivity index (χ2n) is 5.36. The van der Waals surface area contributed by atoms with Crippen molar-refractivity contribution in [3.8, 4) is 0 Å². The van der Waals surface area contributed by atoms with Gasteiger partial charge >= 0.3 is 0 Å². The molecule has 0 spiro atoms. The van der Waals surface area contributed by atoms with Crippen LogP contribution in [0.4, 0.5) is 0 Å². The monoisotopic (exact) mass is 273 g/mol. The van der Waals surface area contributed by atoms with Crippen LogP contribution < -0.4 is 5.73 Å². The Labute approximate surface area is 120 Å². The molecule has 0 aliphatic carbocycles. The lowest BCUT2D eigenvalue weighted by molar-refractivity contribution is 0.297. The average molecular weight is 273 g/mol. The minimum Gasteiger partial charge on any atom is -0.326 e. The van der Waals surface area contributed by atoms with Gasteiger partial charge in [0.2, 0.25) is 0 Å². The van der Waals surface area contributed by atoms with Gasteiger partial charge in [-0.25, -0.2) is 9.67 Å². The minimum absolute atomic E-state index is 0.331. The average Bonchev–Trinajstić information content (AvgIpc) is 2.87. The van der Waals surface area contributed by atoms with Crippen LogP contribution in [0.25, 0.3) is 0 Å². The maximum absolute atomic E-state index is 5.78. The highest BCUT2D eigenvalue weighted by atomic mass is 15.4. The molecular formula is C15H23N5. The van der Waals surface area contributed by atoms with E-state index in [9.17, 15) is 0 Å². The van der Waals surface area contributed by atoms with E-state index >= 15 is 0 Å². The highest BCUT2D eigenvalue weighted by Crippen LogP contribution is 2.13. The second-order valence-corrected chi connectivity index (χ2v) is 5.36. The molecule has 0 amide bonds. The number of hydrogen-bond acceptors (Lipinski definition) is 4. The van der Waals surface area contributed by atoms with Gasteiger partial charge in [-0.3, -0.25) is 4.90 Å². The predicted octanol–water partition coefficient (Wildman–Crippen LogP) is 1.95. The van der Waals surface area contributed by atoms with Crippen LogP contribution in [0.2, 0.25) is 0 Å². The smallest absolute Gasteiger partial charge is 0.141 e. The Morgan fingerprint density at radius 3 is 2.55 bits per heavy atom. The molecule has 5 heteroatoms. The van der Waals surface area contributed by atoms with Gasteiger partial charge in [0, 0.05) is 19.1 Å². The molecule has 2 N–H and O–H groups in total. The number of hydrogen-bond donors (Lipinski definition) is 1.